The fraction of sp³-hybridized carbons (Fsp3) is 0.556. The quantitative estimate of drug-likeness (QED) is 0.0828. The van der Waals surface area contributed by atoms with Gasteiger partial charge in [0.2, 0.25) is 0 Å². The number of carbonyl (C=O) groups is 2. The van der Waals surface area contributed by atoms with Gasteiger partial charge in [0.15, 0.2) is 58.6 Å². The number of hydrogen-bond acceptors (Lipinski definition) is 18. The molecule has 49 heavy (non-hydrogen) atoms. The number of carbonyl (C=O) groups excluding carboxylic acids is 2. The summed E-state index contributed by atoms with van der Waals surface area (Å²) in [4.78, 5) is 51.9. The number of fused-ring (bicyclic) bond motifs is 6. The number of ether oxygens (including phenoxy) is 2. The van der Waals surface area contributed by atoms with Crippen LogP contribution in [0.15, 0.2) is 25.3 Å². The predicted octanol–water partition coefficient (Wildman–Crippen LogP) is -4.91. The minimum Gasteiger partial charge on any atom is -0.387 e. The van der Waals surface area contributed by atoms with Crippen LogP contribution in [0.5, 0.6) is 0 Å². The van der Waals surface area contributed by atoms with Crippen LogP contribution in [-0.2, 0) is 19.1 Å². The third-order valence-electron chi connectivity index (χ3n) is 8.62. The SMILES string of the molecule is O=C1NCCNC(=O)[C@H]2O[C@H]([C@H](O)[C@@H](O)[C@@H]2O)n2cnc3c(ncnc32)NCCCNc2ncnc3c2ncn3[C@@H]2O[C@H]1[C@@H](O)[C@H](O)[C@H]2O. The van der Waals surface area contributed by atoms with Gasteiger partial charge < -0.3 is 61.4 Å². The largest absolute Gasteiger partial charge is 0.387 e. The molecule has 0 unspecified atom stereocenters. The Balaban J connectivity index is 1.18. The summed E-state index contributed by atoms with van der Waals surface area (Å²) < 4.78 is 14.2. The summed E-state index contributed by atoms with van der Waals surface area (Å²) in [5.74, 6) is -0.981. The Kier molecular flexibility index (Phi) is 8.93. The van der Waals surface area contributed by atoms with Gasteiger partial charge in [-0.05, 0) is 6.42 Å². The molecule has 0 saturated carbocycles. The minimum absolute atomic E-state index is 0.201. The van der Waals surface area contributed by atoms with Crippen LogP contribution in [0.25, 0.3) is 22.3 Å². The summed E-state index contributed by atoms with van der Waals surface area (Å²) in [6, 6.07) is 0. The van der Waals surface area contributed by atoms with Gasteiger partial charge in [-0.2, -0.15) is 0 Å². The highest BCUT2D eigenvalue weighted by Gasteiger charge is 2.49. The van der Waals surface area contributed by atoms with Gasteiger partial charge in [-0.15, -0.1) is 0 Å². The van der Waals surface area contributed by atoms with Crippen molar-refractivity contribution in [2.45, 2.75) is 67.7 Å². The van der Waals surface area contributed by atoms with Gasteiger partial charge in [-0.3, -0.25) is 18.7 Å². The number of amides is 2. The van der Waals surface area contributed by atoms with Crippen LogP contribution in [0, 0.1) is 0 Å². The van der Waals surface area contributed by atoms with Crippen molar-refractivity contribution in [2.75, 3.05) is 36.8 Å². The lowest BCUT2D eigenvalue weighted by Gasteiger charge is -2.40. The number of aromatic nitrogens is 8. The number of rotatable bonds is 0. The molecule has 22 nitrogen and oxygen atoms in total. The molecule has 2 amide bonds. The third kappa shape index (κ3) is 5.86. The monoisotopic (exact) mass is 686 g/mol. The molecule has 0 radical (unpaired) electrons. The van der Waals surface area contributed by atoms with Crippen molar-refractivity contribution < 1.29 is 49.7 Å². The lowest BCUT2D eigenvalue weighted by molar-refractivity contribution is -0.240. The van der Waals surface area contributed by atoms with Crippen molar-refractivity contribution in [3.05, 3.63) is 25.3 Å². The van der Waals surface area contributed by atoms with Crippen LogP contribution in [0.4, 0.5) is 11.6 Å². The summed E-state index contributed by atoms with van der Waals surface area (Å²) >= 11 is 0. The van der Waals surface area contributed by atoms with Crippen LogP contribution in [0.1, 0.15) is 18.9 Å². The van der Waals surface area contributed by atoms with E-state index in [1.165, 1.54) is 34.4 Å². The molecule has 3 aliphatic heterocycles. The molecular formula is C27H34N12O10. The predicted molar refractivity (Wildman–Crippen MR) is 162 cm³/mol. The van der Waals surface area contributed by atoms with E-state index in [4.69, 9.17) is 9.47 Å². The van der Waals surface area contributed by atoms with Crippen LogP contribution >= 0.6 is 0 Å². The maximum atomic E-state index is 13.1. The van der Waals surface area contributed by atoms with Crippen LogP contribution < -0.4 is 21.3 Å². The summed E-state index contributed by atoms with van der Waals surface area (Å²) in [7, 11) is 0. The molecule has 0 aromatic carbocycles. The van der Waals surface area contributed by atoms with Crippen molar-refractivity contribution in [3.8, 4) is 0 Å². The number of aliphatic hydroxyl groups is 6. The second kappa shape index (κ2) is 13.3. The first kappa shape index (κ1) is 32.8. The van der Waals surface area contributed by atoms with Crippen molar-refractivity contribution in [1.29, 1.82) is 0 Å². The van der Waals surface area contributed by atoms with Crippen LogP contribution in [0.2, 0.25) is 0 Å². The Hall–Kier alpha value is -4.68. The fourth-order valence-electron chi connectivity index (χ4n) is 6.03. The number of aliphatic hydroxyl groups excluding tert-OH is 6. The zero-order valence-corrected chi connectivity index (χ0v) is 25.5. The van der Waals surface area contributed by atoms with E-state index >= 15 is 0 Å². The van der Waals surface area contributed by atoms with E-state index in [0.29, 0.717) is 42.2 Å². The van der Waals surface area contributed by atoms with Crippen molar-refractivity contribution in [1.82, 2.24) is 49.7 Å². The molecule has 22 heteroatoms. The van der Waals surface area contributed by atoms with E-state index in [9.17, 15) is 40.2 Å². The first-order valence-electron chi connectivity index (χ1n) is 15.4. The second-order valence-electron chi connectivity index (χ2n) is 11.7. The first-order valence-corrected chi connectivity index (χ1v) is 15.4. The van der Waals surface area contributed by atoms with E-state index in [0.717, 1.165) is 0 Å². The van der Waals surface area contributed by atoms with Gasteiger partial charge in [0.25, 0.3) is 11.8 Å². The number of nitrogens with one attached hydrogen (secondary N) is 4. The number of imidazole rings is 2. The highest BCUT2D eigenvalue weighted by Crippen LogP contribution is 2.33. The van der Waals surface area contributed by atoms with Gasteiger partial charge in [0.05, 0.1) is 12.7 Å². The molecule has 4 aromatic rings. The molecule has 2 saturated heterocycles. The molecule has 2 fully saturated rings. The molecule has 0 aliphatic carbocycles. The standard InChI is InChI=1S/C27H34N12O10/c40-12-14(42)18-24(46)30-4-5-31-25(47)19-15(43)13(41)17(45)27(49-19)39-9-37-11-21(33-7-35-23(11)39)29-3-1-2-28-20-10-22(34-6-32-20)38(8-36-10)26(48-18)16(12)44/h6-9,12-19,26-27,40-45H,1-5H2,(H,30,46)(H,31,47)(H,28,32,34)(H,29,33,35)/t12-,13-,14-,15-,16+,17+,18-,19-,26+,27+/m0/s1. The Morgan fingerprint density at radius 1 is 0.551 bits per heavy atom. The van der Waals surface area contributed by atoms with Crippen molar-refractivity contribution >= 4 is 45.8 Å². The normalized spacial score (nSPS) is 33.3. The molecule has 262 valence electrons. The molecule has 7 heterocycles. The molecule has 7 rings (SSSR count). The maximum absolute atomic E-state index is 13.1. The van der Waals surface area contributed by atoms with Gasteiger partial charge >= 0.3 is 0 Å². The summed E-state index contributed by atoms with van der Waals surface area (Å²) in [5.41, 5.74) is 1.09. The number of nitrogens with zero attached hydrogens (tertiary/aromatic N) is 8. The highest BCUT2D eigenvalue weighted by molar-refractivity contribution is 5.85. The zero-order valence-electron chi connectivity index (χ0n) is 25.5. The van der Waals surface area contributed by atoms with E-state index in [-0.39, 0.29) is 24.4 Å². The average molecular weight is 687 g/mol. The zero-order chi connectivity index (χ0) is 34.4. The Bertz CT molecular complexity index is 1710. The Labute approximate surface area is 275 Å². The van der Waals surface area contributed by atoms with Crippen molar-refractivity contribution in [2.24, 2.45) is 0 Å². The van der Waals surface area contributed by atoms with E-state index < -0.39 is 73.1 Å². The van der Waals surface area contributed by atoms with E-state index in [1.54, 1.807) is 0 Å². The summed E-state index contributed by atoms with van der Waals surface area (Å²) in [6.07, 6.45) is -10.9. The Morgan fingerprint density at radius 3 is 1.41 bits per heavy atom. The first-order chi connectivity index (χ1) is 23.7. The maximum Gasteiger partial charge on any atom is 0.252 e. The smallest absolute Gasteiger partial charge is 0.252 e. The highest BCUT2D eigenvalue weighted by atomic mass is 16.6. The summed E-state index contributed by atoms with van der Waals surface area (Å²) in [5, 5.41) is 75.4. The van der Waals surface area contributed by atoms with Gasteiger partial charge in [0, 0.05) is 26.2 Å². The number of anilines is 2. The van der Waals surface area contributed by atoms with Crippen molar-refractivity contribution in [3.63, 3.8) is 0 Å². The number of hydrogen-bond donors (Lipinski definition) is 10. The third-order valence-corrected chi connectivity index (χ3v) is 8.62. The topological polar surface area (TPSA) is 309 Å². The molecule has 3 aliphatic rings. The minimum atomic E-state index is -1.81. The van der Waals surface area contributed by atoms with E-state index in [2.05, 4.69) is 51.2 Å². The Morgan fingerprint density at radius 2 is 0.980 bits per heavy atom. The van der Waals surface area contributed by atoms with Gasteiger partial charge in [-0.25, -0.2) is 29.9 Å². The fourth-order valence-corrected chi connectivity index (χ4v) is 6.03. The molecule has 10 atom stereocenters. The van der Waals surface area contributed by atoms with E-state index in [1.807, 2.05) is 0 Å². The molecule has 12 bridgehead atoms. The lowest BCUT2D eigenvalue weighted by Crippen LogP contribution is -2.61. The van der Waals surface area contributed by atoms with Crippen LogP contribution in [0.3, 0.4) is 0 Å². The molecule has 4 aromatic heterocycles. The van der Waals surface area contributed by atoms with Crippen LogP contribution in [-0.4, -0.2) is 157 Å². The lowest BCUT2D eigenvalue weighted by atomic mass is 9.97. The molecule has 0 spiro atoms. The second-order valence-corrected chi connectivity index (χ2v) is 11.7. The van der Waals surface area contributed by atoms with Gasteiger partial charge in [0.1, 0.15) is 49.3 Å². The van der Waals surface area contributed by atoms with Gasteiger partial charge in [-0.1, -0.05) is 0 Å². The molecular weight excluding hydrogens is 652 g/mol. The summed E-state index contributed by atoms with van der Waals surface area (Å²) in [6.45, 7) is 0.423. The average Bonchev–Trinajstić information content (AvgIpc) is 3.73. The molecule has 10 N–H and O–H groups in total.